The summed E-state index contributed by atoms with van der Waals surface area (Å²) in [6, 6.07) is -1.38. The van der Waals surface area contributed by atoms with Gasteiger partial charge in [0.15, 0.2) is 0 Å². The van der Waals surface area contributed by atoms with Crippen LogP contribution in [0.2, 0.25) is 0 Å². The van der Waals surface area contributed by atoms with Crippen LogP contribution in [0.15, 0.2) is 0 Å². The highest BCUT2D eigenvalue weighted by Gasteiger charge is 2.26. The van der Waals surface area contributed by atoms with E-state index in [2.05, 4.69) is 11.2 Å². The number of rotatable bonds is 5. The number of hydrogen-bond acceptors (Lipinski definition) is 2. The van der Waals surface area contributed by atoms with Crippen molar-refractivity contribution in [3.05, 3.63) is 0 Å². The van der Waals surface area contributed by atoms with Gasteiger partial charge >= 0.3 is 12.0 Å². The minimum Gasteiger partial charge on any atom is -0.480 e. The van der Waals surface area contributed by atoms with Crippen molar-refractivity contribution in [3.63, 3.8) is 0 Å². The van der Waals surface area contributed by atoms with Crippen molar-refractivity contribution in [3.8, 4) is 12.3 Å². The molecule has 16 heavy (non-hydrogen) atoms. The van der Waals surface area contributed by atoms with Crippen molar-refractivity contribution in [1.29, 1.82) is 0 Å². The maximum absolute atomic E-state index is 11.6. The number of carbonyl (C=O) groups excluding carboxylic acids is 1. The number of carbonyl (C=O) groups is 2. The van der Waals surface area contributed by atoms with Gasteiger partial charge in [0.25, 0.3) is 0 Å². The summed E-state index contributed by atoms with van der Waals surface area (Å²) < 4.78 is 0. The molecule has 0 radical (unpaired) electrons. The molecule has 0 saturated heterocycles. The third kappa shape index (κ3) is 3.81. The van der Waals surface area contributed by atoms with Crippen molar-refractivity contribution >= 4 is 12.0 Å². The maximum atomic E-state index is 11.6. The average molecular weight is 224 g/mol. The molecular weight excluding hydrogens is 208 g/mol. The number of carboxylic acid groups (broad SMARTS) is 1. The molecule has 0 aromatic heterocycles. The third-order valence-corrected chi connectivity index (χ3v) is 2.49. The molecule has 2 N–H and O–H groups in total. The first kappa shape index (κ1) is 12.4. The first-order valence-electron chi connectivity index (χ1n) is 5.22. The zero-order valence-corrected chi connectivity index (χ0v) is 9.27. The number of hydrogen-bond donors (Lipinski definition) is 2. The minimum atomic E-state index is -1.11. The van der Waals surface area contributed by atoms with Crippen LogP contribution in [0.5, 0.6) is 0 Å². The summed E-state index contributed by atoms with van der Waals surface area (Å²) in [5.41, 5.74) is 0. The molecule has 88 valence electrons. The second-order valence-electron chi connectivity index (χ2n) is 4.07. The van der Waals surface area contributed by atoms with Gasteiger partial charge < -0.3 is 15.3 Å². The van der Waals surface area contributed by atoms with Crippen molar-refractivity contribution in [2.45, 2.75) is 25.3 Å². The van der Waals surface area contributed by atoms with Gasteiger partial charge in [-0.05, 0) is 18.8 Å². The van der Waals surface area contributed by atoms with E-state index in [0.29, 0.717) is 12.5 Å². The Kier molecular flexibility index (Phi) is 4.18. The first-order chi connectivity index (χ1) is 7.54. The molecule has 0 bridgehead atoms. The van der Waals surface area contributed by atoms with E-state index >= 15 is 0 Å². The average Bonchev–Trinajstić information content (AvgIpc) is 3.00. The SMILES string of the molecule is C#CCC(NC(=O)N(C)CC1CC1)C(=O)O. The molecule has 1 fully saturated rings. The van der Waals surface area contributed by atoms with Crippen LogP contribution < -0.4 is 5.32 Å². The number of carboxylic acids is 1. The fraction of sp³-hybridized carbons (Fsp3) is 0.636. The monoisotopic (exact) mass is 224 g/mol. The van der Waals surface area contributed by atoms with Gasteiger partial charge in [-0.3, -0.25) is 0 Å². The predicted molar refractivity (Wildman–Crippen MR) is 58.8 cm³/mol. The summed E-state index contributed by atoms with van der Waals surface area (Å²) in [6.07, 6.45) is 7.32. The Morgan fingerprint density at radius 3 is 2.69 bits per heavy atom. The summed E-state index contributed by atoms with van der Waals surface area (Å²) in [4.78, 5) is 23.8. The molecule has 0 spiro atoms. The zero-order chi connectivity index (χ0) is 12.1. The van der Waals surface area contributed by atoms with E-state index in [1.165, 1.54) is 4.90 Å². The Labute approximate surface area is 94.8 Å². The van der Waals surface area contributed by atoms with E-state index in [0.717, 1.165) is 12.8 Å². The number of nitrogens with one attached hydrogen (secondary N) is 1. The highest BCUT2D eigenvalue weighted by Crippen LogP contribution is 2.29. The number of aliphatic carboxylic acids is 1. The van der Waals surface area contributed by atoms with Crippen molar-refractivity contribution < 1.29 is 14.7 Å². The molecule has 5 nitrogen and oxygen atoms in total. The highest BCUT2D eigenvalue weighted by molar-refractivity contribution is 5.82. The summed E-state index contributed by atoms with van der Waals surface area (Å²) in [5, 5.41) is 11.2. The van der Waals surface area contributed by atoms with Crippen LogP contribution in [0.3, 0.4) is 0 Å². The molecule has 0 aromatic carbocycles. The van der Waals surface area contributed by atoms with Gasteiger partial charge in [-0.1, -0.05) is 0 Å². The van der Waals surface area contributed by atoms with Crippen LogP contribution in [0.4, 0.5) is 4.79 Å². The molecule has 1 aliphatic carbocycles. The van der Waals surface area contributed by atoms with Gasteiger partial charge in [0.2, 0.25) is 0 Å². The smallest absolute Gasteiger partial charge is 0.327 e. The Hall–Kier alpha value is -1.70. The van der Waals surface area contributed by atoms with Crippen molar-refractivity contribution in [1.82, 2.24) is 10.2 Å². The summed E-state index contributed by atoms with van der Waals surface area (Å²) >= 11 is 0. The van der Waals surface area contributed by atoms with E-state index in [9.17, 15) is 9.59 Å². The Morgan fingerprint density at radius 1 is 1.62 bits per heavy atom. The summed E-state index contributed by atoms with van der Waals surface area (Å²) in [7, 11) is 1.66. The molecular formula is C11H16N2O3. The van der Waals surface area contributed by atoms with Crippen LogP contribution in [0.1, 0.15) is 19.3 Å². The molecule has 1 atom stereocenters. The van der Waals surface area contributed by atoms with Crippen LogP contribution in [-0.2, 0) is 4.79 Å². The van der Waals surface area contributed by atoms with Crippen LogP contribution in [-0.4, -0.2) is 41.6 Å². The molecule has 5 heteroatoms. The van der Waals surface area contributed by atoms with Crippen LogP contribution in [0.25, 0.3) is 0 Å². The molecule has 0 aromatic rings. The van der Waals surface area contributed by atoms with Gasteiger partial charge in [-0.25, -0.2) is 9.59 Å². The van der Waals surface area contributed by atoms with Gasteiger partial charge in [0, 0.05) is 20.0 Å². The normalized spacial score (nSPS) is 16.0. The fourth-order valence-corrected chi connectivity index (χ4v) is 1.35. The van der Waals surface area contributed by atoms with Crippen LogP contribution in [0, 0.1) is 18.3 Å². The summed E-state index contributed by atoms with van der Waals surface area (Å²) in [5.74, 6) is 1.70. The minimum absolute atomic E-state index is 0.00164. The van der Waals surface area contributed by atoms with E-state index in [1.54, 1.807) is 7.05 Å². The molecule has 0 aliphatic heterocycles. The first-order valence-corrected chi connectivity index (χ1v) is 5.22. The lowest BCUT2D eigenvalue weighted by atomic mass is 10.2. The van der Waals surface area contributed by atoms with Gasteiger partial charge in [0.1, 0.15) is 6.04 Å². The van der Waals surface area contributed by atoms with Gasteiger partial charge in [0.05, 0.1) is 0 Å². The largest absolute Gasteiger partial charge is 0.480 e. The van der Waals surface area contributed by atoms with Crippen LogP contribution >= 0.6 is 0 Å². The van der Waals surface area contributed by atoms with E-state index in [1.807, 2.05) is 0 Å². The molecule has 1 aliphatic rings. The van der Waals surface area contributed by atoms with Crippen molar-refractivity contribution in [2.24, 2.45) is 5.92 Å². The Morgan fingerprint density at radius 2 is 2.25 bits per heavy atom. The lowest BCUT2D eigenvalue weighted by molar-refractivity contribution is -0.139. The molecule has 2 amide bonds. The standard InChI is InChI=1S/C11H16N2O3/c1-3-4-9(10(14)15)12-11(16)13(2)7-8-5-6-8/h1,8-9H,4-7H2,2H3,(H,12,16)(H,14,15). The number of terminal acetylenes is 1. The topological polar surface area (TPSA) is 69.6 Å². The van der Waals surface area contributed by atoms with Crippen molar-refractivity contribution in [2.75, 3.05) is 13.6 Å². The lowest BCUT2D eigenvalue weighted by Gasteiger charge is -2.20. The number of urea groups is 1. The quantitative estimate of drug-likeness (QED) is 0.669. The molecule has 1 unspecified atom stereocenters. The third-order valence-electron chi connectivity index (χ3n) is 2.49. The molecule has 1 rings (SSSR count). The predicted octanol–water partition coefficient (Wildman–Crippen LogP) is 0.514. The van der Waals surface area contributed by atoms with Gasteiger partial charge in [-0.2, -0.15) is 0 Å². The van der Waals surface area contributed by atoms with E-state index in [-0.39, 0.29) is 12.5 Å². The maximum Gasteiger partial charge on any atom is 0.327 e. The lowest BCUT2D eigenvalue weighted by Crippen LogP contribution is -2.47. The number of nitrogens with zero attached hydrogens (tertiary/aromatic N) is 1. The fourth-order valence-electron chi connectivity index (χ4n) is 1.35. The molecule has 1 saturated carbocycles. The molecule has 0 heterocycles. The van der Waals surface area contributed by atoms with E-state index in [4.69, 9.17) is 11.5 Å². The summed E-state index contributed by atoms with van der Waals surface area (Å²) in [6.45, 7) is 0.675. The van der Waals surface area contributed by atoms with Gasteiger partial charge in [-0.15, -0.1) is 12.3 Å². The Balaban J connectivity index is 2.40. The number of amides is 2. The second kappa shape index (κ2) is 5.40. The second-order valence-corrected chi connectivity index (χ2v) is 4.07. The Bertz CT molecular complexity index is 318. The highest BCUT2D eigenvalue weighted by atomic mass is 16.4. The zero-order valence-electron chi connectivity index (χ0n) is 9.27. The van der Waals surface area contributed by atoms with E-state index < -0.39 is 12.0 Å².